The second kappa shape index (κ2) is 13.5. The summed E-state index contributed by atoms with van der Waals surface area (Å²) in [5.74, 6) is 0.571. The largest absolute Gasteiger partial charge is 0.494 e. The number of hydrogen-bond acceptors (Lipinski definition) is 7. The summed E-state index contributed by atoms with van der Waals surface area (Å²) in [6.45, 7) is 1.59. The van der Waals surface area contributed by atoms with Crippen LogP contribution in [0.2, 0.25) is 0 Å². The normalized spacial score (nSPS) is 11.1. The van der Waals surface area contributed by atoms with E-state index in [0.29, 0.717) is 42.4 Å². The number of aromatic nitrogens is 1. The SMILES string of the molecule is COCCOCOc1ccc2cc(C(=O)N(C)Cc3cccc(-c4ccc(Cc5sc(=O)[nH]c5O)cc4)c3)ccc2c1. The van der Waals surface area contributed by atoms with Crippen molar-refractivity contribution in [2.24, 2.45) is 0 Å². The highest BCUT2D eigenvalue weighted by molar-refractivity contribution is 7.09. The fraction of sp³-hybridized carbons (Fsp3) is 0.212. The third-order valence-electron chi connectivity index (χ3n) is 6.85. The molecule has 2 N–H and O–H groups in total. The maximum Gasteiger partial charge on any atom is 0.307 e. The van der Waals surface area contributed by atoms with Crippen LogP contribution in [0.4, 0.5) is 0 Å². The molecule has 0 spiro atoms. The molecule has 0 atom stereocenters. The molecule has 0 aliphatic rings. The highest BCUT2D eigenvalue weighted by atomic mass is 32.1. The number of methoxy groups -OCH3 is 1. The molecule has 1 amide bonds. The lowest BCUT2D eigenvalue weighted by Gasteiger charge is -2.18. The minimum absolute atomic E-state index is 0.0613. The van der Waals surface area contributed by atoms with E-state index in [1.54, 1.807) is 19.1 Å². The number of ether oxygens (including phenoxy) is 3. The Kier molecular flexibility index (Phi) is 9.33. The molecule has 0 saturated carbocycles. The molecule has 1 aromatic heterocycles. The predicted molar refractivity (Wildman–Crippen MR) is 164 cm³/mol. The average molecular weight is 585 g/mol. The number of fused-ring (bicyclic) bond motifs is 1. The molecule has 42 heavy (non-hydrogen) atoms. The quantitative estimate of drug-likeness (QED) is 0.142. The molecule has 5 aromatic rings. The van der Waals surface area contributed by atoms with Gasteiger partial charge in [-0.3, -0.25) is 14.6 Å². The Bertz CT molecular complexity index is 1730. The van der Waals surface area contributed by atoms with E-state index >= 15 is 0 Å². The van der Waals surface area contributed by atoms with E-state index in [4.69, 9.17) is 14.2 Å². The van der Waals surface area contributed by atoms with Crippen molar-refractivity contribution >= 4 is 28.0 Å². The van der Waals surface area contributed by atoms with E-state index in [1.807, 2.05) is 78.9 Å². The third-order valence-corrected chi connectivity index (χ3v) is 7.72. The van der Waals surface area contributed by atoms with Gasteiger partial charge in [-0.1, -0.05) is 65.9 Å². The minimum atomic E-state index is -0.264. The second-order valence-electron chi connectivity index (χ2n) is 9.91. The standard InChI is InChI=1S/C33H32N2O6S/c1-35(32(37)28-11-10-27-19-29(13-12-26(27)18-28)41-21-40-15-14-39-2)20-23-4-3-5-25(16-23)24-8-6-22(7-9-24)17-30-31(36)34-33(38)42-30/h3-13,16,18-19,36H,14-15,17,20-21H2,1-2H3,(H,34,38). The Morgan fingerprint density at radius 2 is 1.69 bits per heavy atom. The first kappa shape index (κ1) is 29.1. The van der Waals surface area contributed by atoms with Gasteiger partial charge in [0.05, 0.1) is 18.1 Å². The van der Waals surface area contributed by atoms with Crippen molar-refractivity contribution in [3.05, 3.63) is 116 Å². The molecule has 1 heterocycles. The van der Waals surface area contributed by atoms with E-state index in [0.717, 1.165) is 44.4 Å². The Hall–Kier alpha value is -4.44. The number of aromatic amines is 1. The van der Waals surface area contributed by atoms with Crippen molar-refractivity contribution in [3.63, 3.8) is 0 Å². The lowest BCUT2D eigenvalue weighted by atomic mass is 10.0. The predicted octanol–water partition coefficient (Wildman–Crippen LogP) is 5.82. The summed E-state index contributed by atoms with van der Waals surface area (Å²) >= 11 is 1.02. The monoisotopic (exact) mass is 584 g/mol. The number of amides is 1. The number of aromatic hydroxyl groups is 1. The first-order valence-electron chi connectivity index (χ1n) is 13.5. The molecule has 0 aliphatic heterocycles. The van der Waals surface area contributed by atoms with Crippen LogP contribution in [0.3, 0.4) is 0 Å². The lowest BCUT2D eigenvalue weighted by molar-refractivity contribution is -0.00841. The van der Waals surface area contributed by atoms with Crippen molar-refractivity contribution in [1.82, 2.24) is 9.88 Å². The topological polar surface area (TPSA) is 101 Å². The number of nitrogens with zero attached hydrogens (tertiary/aromatic N) is 1. The van der Waals surface area contributed by atoms with Gasteiger partial charge in [0.2, 0.25) is 5.88 Å². The molecule has 216 valence electrons. The smallest absolute Gasteiger partial charge is 0.307 e. The molecule has 0 aliphatic carbocycles. The first-order valence-corrected chi connectivity index (χ1v) is 14.3. The van der Waals surface area contributed by atoms with Gasteiger partial charge in [-0.15, -0.1) is 0 Å². The van der Waals surface area contributed by atoms with Crippen LogP contribution in [0.1, 0.15) is 26.4 Å². The van der Waals surface area contributed by atoms with Gasteiger partial charge in [0, 0.05) is 32.7 Å². The highest BCUT2D eigenvalue weighted by Crippen LogP contribution is 2.26. The van der Waals surface area contributed by atoms with Crippen molar-refractivity contribution in [2.75, 3.05) is 34.2 Å². The maximum absolute atomic E-state index is 13.3. The summed E-state index contributed by atoms with van der Waals surface area (Å²) in [4.78, 5) is 29.2. The van der Waals surface area contributed by atoms with E-state index in [-0.39, 0.29) is 23.5 Å². The summed E-state index contributed by atoms with van der Waals surface area (Å²) in [5.41, 5.74) is 4.72. The number of carbonyl (C=O) groups excluding carboxylic acids is 1. The molecule has 0 radical (unpaired) electrons. The second-order valence-corrected chi connectivity index (χ2v) is 11.0. The van der Waals surface area contributed by atoms with Crippen LogP contribution in [0.25, 0.3) is 21.9 Å². The van der Waals surface area contributed by atoms with Gasteiger partial charge in [-0.05, 0) is 63.4 Å². The summed E-state index contributed by atoms with van der Waals surface area (Å²) in [5, 5.41) is 11.8. The fourth-order valence-corrected chi connectivity index (χ4v) is 5.40. The number of thiazole rings is 1. The highest BCUT2D eigenvalue weighted by Gasteiger charge is 2.14. The van der Waals surface area contributed by atoms with Gasteiger partial charge in [-0.2, -0.15) is 0 Å². The zero-order valence-corrected chi connectivity index (χ0v) is 24.3. The molecule has 8 nitrogen and oxygen atoms in total. The Morgan fingerprint density at radius 3 is 2.45 bits per heavy atom. The summed E-state index contributed by atoms with van der Waals surface area (Å²) < 4.78 is 16.0. The molecular formula is C33H32N2O6S. The van der Waals surface area contributed by atoms with Crippen LogP contribution < -0.4 is 9.61 Å². The Balaban J connectivity index is 1.21. The van der Waals surface area contributed by atoms with Crippen LogP contribution >= 0.6 is 11.3 Å². The summed E-state index contributed by atoms with van der Waals surface area (Å²) in [6.07, 6.45) is 0.483. The fourth-order valence-electron chi connectivity index (χ4n) is 4.65. The number of hydrogen-bond donors (Lipinski definition) is 2. The molecule has 0 unspecified atom stereocenters. The van der Waals surface area contributed by atoms with E-state index in [2.05, 4.69) is 11.1 Å². The van der Waals surface area contributed by atoms with Crippen molar-refractivity contribution in [3.8, 4) is 22.8 Å². The van der Waals surface area contributed by atoms with Gasteiger partial charge in [-0.25, -0.2) is 0 Å². The van der Waals surface area contributed by atoms with Crippen molar-refractivity contribution in [1.29, 1.82) is 0 Å². The van der Waals surface area contributed by atoms with Gasteiger partial charge in [0.25, 0.3) is 5.91 Å². The summed E-state index contributed by atoms with van der Waals surface area (Å²) in [7, 11) is 3.43. The van der Waals surface area contributed by atoms with E-state index in [1.165, 1.54) is 0 Å². The lowest BCUT2D eigenvalue weighted by Crippen LogP contribution is -2.26. The van der Waals surface area contributed by atoms with Crippen molar-refractivity contribution in [2.45, 2.75) is 13.0 Å². The Morgan fingerprint density at radius 1 is 0.905 bits per heavy atom. The maximum atomic E-state index is 13.3. The Labute approximate surface area is 247 Å². The molecule has 5 rings (SSSR count). The molecular weight excluding hydrogens is 552 g/mol. The number of nitrogens with one attached hydrogen (secondary N) is 1. The zero-order chi connectivity index (χ0) is 29.5. The zero-order valence-electron chi connectivity index (χ0n) is 23.5. The van der Waals surface area contributed by atoms with Crippen LogP contribution in [0.5, 0.6) is 11.6 Å². The number of carbonyl (C=O) groups is 1. The minimum Gasteiger partial charge on any atom is -0.494 e. The number of H-pyrrole nitrogens is 1. The van der Waals surface area contributed by atoms with Crippen LogP contribution in [-0.2, 0) is 22.4 Å². The van der Waals surface area contributed by atoms with Gasteiger partial charge >= 0.3 is 4.87 Å². The van der Waals surface area contributed by atoms with Crippen molar-refractivity contribution < 1.29 is 24.1 Å². The van der Waals surface area contributed by atoms with Gasteiger partial charge in [0.1, 0.15) is 5.75 Å². The van der Waals surface area contributed by atoms with Crippen LogP contribution in [0.15, 0.2) is 89.7 Å². The number of rotatable bonds is 12. The van der Waals surface area contributed by atoms with E-state index in [9.17, 15) is 14.7 Å². The molecule has 0 saturated heterocycles. The van der Waals surface area contributed by atoms with Gasteiger partial charge in [0.15, 0.2) is 6.79 Å². The molecule has 0 bridgehead atoms. The number of benzene rings is 4. The molecule has 4 aromatic carbocycles. The van der Waals surface area contributed by atoms with Crippen LogP contribution in [0, 0.1) is 0 Å². The average Bonchev–Trinajstić information content (AvgIpc) is 3.32. The van der Waals surface area contributed by atoms with Crippen LogP contribution in [-0.4, -0.2) is 55.1 Å². The van der Waals surface area contributed by atoms with Gasteiger partial charge < -0.3 is 24.2 Å². The molecule has 0 fully saturated rings. The summed E-state index contributed by atoms with van der Waals surface area (Å²) in [6, 6.07) is 27.6. The van der Waals surface area contributed by atoms with E-state index < -0.39 is 0 Å². The first-order chi connectivity index (χ1) is 20.4. The molecule has 9 heteroatoms. The third kappa shape index (κ3) is 7.25.